The summed E-state index contributed by atoms with van der Waals surface area (Å²) < 4.78 is 0. The summed E-state index contributed by atoms with van der Waals surface area (Å²) in [5.74, 6) is 1.56. The summed E-state index contributed by atoms with van der Waals surface area (Å²) in [6.07, 6.45) is 10.3. The largest absolute Gasteiger partial charge is 0.395 e. The number of aromatic nitrogens is 2. The van der Waals surface area contributed by atoms with E-state index < -0.39 is 0 Å². The highest BCUT2D eigenvalue weighted by Crippen LogP contribution is 2.45. The highest BCUT2D eigenvalue weighted by molar-refractivity contribution is 7.18. The molecule has 2 aliphatic rings. The summed E-state index contributed by atoms with van der Waals surface area (Å²) in [7, 11) is 0. The molecule has 0 spiro atoms. The number of aliphatic hydroxyl groups excluding tert-OH is 1. The van der Waals surface area contributed by atoms with E-state index in [1.165, 1.54) is 61.6 Å². The molecular weight excluding hydrogens is 366 g/mol. The van der Waals surface area contributed by atoms with Gasteiger partial charge in [-0.25, -0.2) is 9.97 Å². The standard InChI is InChI=1S/C23H35N3OS/c1-16-24-20(15-26(12-13-27)18-6-4-5-7-18)19-14-21(28-22(19)25-16)17-8-10-23(2,3)11-9-17/h14,17-18,27H,4-13,15H2,1-3H3. The minimum absolute atomic E-state index is 0.219. The third kappa shape index (κ3) is 4.42. The Morgan fingerprint density at radius 3 is 2.54 bits per heavy atom. The average Bonchev–Trinajstić information content (AvgIpc) is 3.31. The van der Waals surface area contributed by atoms with Crippen LogP contribution < -0.4 is 0 Å². The Morgan fingerprint density at radius 2 is 1.86 bits per heavy atom. The predicted octanol–water partition coefficient (Wildman–Crippen LogP) is 5.42. The molecule has 5 heteroatoms. The van der Waals surface area contributed by atoms with Crippen molar-refractivity contribution < 1.29 is 5.11 Å². The van der Waals surface area contributed by atoms with Gasteiger partial charge < -0.3 is 5.11 Å². The van der Waals surface area contributed by atoms with Crippen LogP contribution >= 0.6 is 11.3 Å². The van der Waals surface area contributed by atoms with Crippen molar-refractivity contribution in [1.29, 1.82) is 0 Å². The second kappa shape index (κ2) is 8.37. The maximum atomic E-state index is 9.59. The van der Waals surface area contributed by atoms with Gasteiger partial charge in [-0.3, -0.25) is 4.90 Å². The van der Waals surface area contributed by atoms with Gasteiger partial charge in [0.25, 0.3) is 0 Å². The molecule has 0 atom stereocenters. The predicted molar refractivity (Wildman–Crippen MR) is 117 cm³/mol. The Balaban J connectivity index is 1.60. The molecule has 2 fully saturated rings. The van der Waals surface area contributed by atoms with E-state index in [2.05, 4.69) is 24.8 Å². The maximum Gasteiger partial charge on any atom is 0.127 e. The van der Waals surface area contributed by atoms with Crippen molar-refractivity contribution in [2.75, 3.05) is 13.2 Å². The molecule has 0 bridgehead atoms. The summed E-state index contributed by atoms with van der Waals surface area (Å²) >= 11 is 1.89. The minimum atomic E-state index is 0.219. The van der Waals surface area contributed by atoms with Gasteiger partial charge in [0.1, 0.15) is 10.7 Å². The number of aryl methyl sites for hydroxylation is 1. The molecule has 2 saturated carbocycles. The summed E-state index contributed by atoms with van der Waals surface area (Å²) in [6.45, 7) is 8.61. The van der Waals surface area contributed by atoms with Gasteiger partial charge in [-0.1, -0.05) is 26.7 Å². The van der Waals surface area contributed by atoms with E-state index in [-0.39, 0.29) is 6.61 Å². The minimum Gasteiger partial charge on any atom is -0.395 e. The smallest absolute Gasteiger partial charge is 0.127 e. The lowest BCUT2D eigenvalue weighted by atomic mass is 9.73. The van der Waals surface area contributed by atoms with Crippen molar-refractivity contribution in [2.45, 2.75) is 90.6 Å². The molecule has 2 heterocycles. The van der Waals surface area contributed by atoms with Crippen molar-refractivity contribution in [1.82, 2.24) is 14.9 Å². The Morgan fingerprint density at radius 1 is 1.14 bits per heavy atom. The molecular formula is C23H35N3OS. The van der Waals surface area contributed by atoms with Crippen molar-refractivity contribution >= 4 is 21.6 Å². The van der Waals surface area contributed by atoms with E-state index >= 15 is 0 Å². The summed E-state index contributed by atoms with van der Waals surface area (Å²) in [6, 6.07) is 2.99. The van der Waals surface area contributed by atoms with E-state index in [1.807, 2.05) is 18.3 Å². The van der Waals surface area contributed by atoms with Crippen molar-refractivity contribution in [3.05, 3.63) is 22.5 Å². The first-order valence-electron chi connectivity index (χ1n) is 11.1. The average molecular weight is 402 g/mol. The molecule has 28 heavy (non-hydrogen) atoms. The fourth-order valence-corrected chi connectivity index (χ4v) is 6.37. The monoisotopic (exact) mass is 401 g/mol. The molecule has 0 aliphatic heterocycles. The molecule has 4 nitrogen and oxygen atoms in total. The Kier molecular flexibility index (Phi) is 6.05. The van der Waals surface area contributed by atoms with Crippen LogP contribution in [0.4, 0.5) is 0 Å². The molecule has 2 aliphatic carbocycles. The maximum absolute atomic E-state index is 9.59. The topological polar surface area (TPSA) is 49.2 Å². The van der Waals surface area contributed by atoms with E-state index in [1.54, 1.807) is 0 Å². The van der Waals surface area contributed by atoms with Crippen LogP contribution in [0, 0.1) is 12.3 Å². The SMILES string of the molecule is Cc1nc(CN(CCO)C2CCCC2)c2cc(C3CCC(C)(C)CC3)sc2n1. The summed E-state index contributed by atoms with van der Waals surface area (Å²) in [5, 5.41) is 10.8. The van der Waals surface area contributed by atoms with E-state index in [4.69, 9.17) is 9.97 Å². The first-order valence-corrected chi connectivity index (χ1v) is 11.9. The second-order valence-electron chi connectivity index (χ2n) is 9.66. The molecule has 1 N–H and O–H groups in total. The third-order valence-electron chi connectivity index (χ3n) is 6.93. The van der Waals surface area contributed by atoms with Gasteiger partial charge in [-0.15, -0.1) is 11.3 Å². The van der Waals surface area contributed by atoms with Crippen molar-refractivity contribution in [3.8, 4) is 0 Å². The number of rotatable bonds is 6. The molecule has 0 radical (unpaired) electrons. The normalized spacial score (nSPS) is 21.2. The second-order valence-corrected chi connectivity index (χ2v) is 10.7. The first kappa shape index (κ1) is 20.2. The molecule has 154 valence electrons. The molecule has 0 unspecified atom stereocenters. The molecule has 2 aromatic heterocycles. The number of aliphatic hydroxyl groups is 1. The summed E-state index contributed by atoms with van der Waals surface area (Å²) in [5.41, 5.74) is 1.65. The lowest BCUT2D eigenvalue weighted by Gasteiger charge is -2.33. The van der Waals surface area contributed by atoms with Gasteiger partial charge in [-0.05, 0) is 62.8 Å². The van der Waals surface area contributed by atoms with Crippen LogP contribution in [-0.4, -0.2) is 39.2 Å². The molecule has 0 amide bonds. The van der Waals surface area contributed by atoms with E-state index in [0.717, 1.165) is 29.4 Å². The Bertz CT molecular complexity index is 800. The van der Waals surface area contributed by atoms with Crippen LogP contribution in [0.5, 0.6) is 0 Å². The number of hydrogen-bond acceptors (Lipinski definition) is 5. The Hall–Kier alpha value is -1.04. The highest BCUT2D eigenvalue weighted by Gasteiger charge is 2.29. The van der Waals surface area contributed by atoms with Gasteiger partial charge in [0.2, 0.25) is 0 Å². The van der Waals surface area contributed by atoms with Crippen LogP contribution in [-0.2, 0) is 6.54 Å². The molecule has 0 saturated heterocycles. The van der Waals surface area contributed by atoms with Gasteiger partial charge in [0.05, 0.1) is 12.3 Å². The fraction of sp³-hybridized carbons (Fsp3) is 0.739. The summed E-state index contributed by atoms with van der Waals surface area (Å²) in [4.78, 5) is 14.7. The number of hydrogen-bond donors (Lipinski definition) is 1. The van der Waals surface area contributed by atoms with Crippen LogP contribution in [0.3, 0.4) is 0 Å². The number of nitrogens with zero attached hydrogens (tertiary/aromatic N) is 3. The van der Waals surface area contributed by atoms with Gasteiger partial charge in [0, 0.05) is 29.4 Å². The van der Waals surface area contributed by atoms with Crippen molar-refractivity contribution in [2.24, 2.45) is 5.41 Å². The van der Waals surface area contributed by atoms with Crippen LogP contribution in [0.15, 0.2) is 6.07 Å². The number of thiophene rings is 1. The zero-order valence-electron chi connectivity index (χ0n) is 17.7. The quantitative estimate of drug-likeness (QED) is 0.702. The van der Waals surface area contributed by atoms with Crippen LogP contribution in [0.2, 0.25) is 0 Å². The van der Waals surface area contributed by atoms with E-state index in [0.29, 0.717) is 17.4 Å². The molecule has 0 aromatic carbocycles. The highest BCUT2D eigenvalue weighted by atomic mass is 32.1. The lowest BCUT2D eigenvalue weighted by Crippen LogP contribution is -2.35. The third-order valence-corrected chi connectivity index (χ3v) is 8.12. The Labute approximate surface area is 173 Å². The zero-order chi connectivity index (χ0) is 19.7. The fourth-order valence-electron chi connectivity index (χ4n) is 5.10. The number of fused-ring (bicyclic) bond motifs is 1. The molecule has 2 aromatic rings. The van der Waals surface area contributed by atoms with Gasteiger partial charge in [0.15, 0.2) is 0 Å². The molecule has 4 rings (SSSR count). The zero-order valence-corrected chi connectivity index (χ0v) is 18.5. The van der Waals surface area contributed by atoms with E-state index in [9.17, 15) is 5.11 Å². The van der Waals surface area contributed by atoms with Crippen LogP contribution in [0.25, 0.3) is 10.2 Å². The lowest BCUT2D eigenvalue weighted by molar-refractivity contribution is 0.144. The van der Waals surface area contributed by atoms with Gasteiger partial charge >= 0.3 is 0 Å². The van der Waals surface area contributed by atoms with Gasteiger partial charge in [-0.2, -0.15) is 0 Å². The van der Waals surface area contributed by atoms with Crippen molar-refractivity contribution in [3.63, 3.8) is 0 Å². The van der Waals surface area contributed by atoms with Crippen LogP contribution in [0.1, 0.15) is 87.5 Å². The first-order chi connectivity index (χ1) is 13.4.